The van der Waals surface area contributed by atoms with Crippen molar-refractivity contribution in [3.63, 3.8) is 0 Å². The van der Waals surface area contributed by atoms with E-state index in [1.54, 1.807) is 12.1 Å². The van der Waals surface area contributed by atoms with Crippen molar-refractivity contribution in [1.29, 1.82) is 0 Å². The molecular formula is C21H25N5O. The molecule has 0 saturated carbocycles. The Bertz CT molecular complexity index is 871. The third-order valence-corrected chi connectivity index (χ3v) is 4.12. The number of phenols is 1. The molecule has 0 atom stereocenters. The highest BCUT2D eigenvalue weighted by molar-refractivity contribution is 5.79. The van der Waals surface area contributed by atoms with Gasteiger partial charge in [-0.25, -0.2) is 9.67 Å². The minimum atomic E-state index is 0.266. The number of hydrogen-bond donors (Lipinski definition) is 2. The molecule has 0 aliphatic carbocycles. The number of aromatic hydroxyl groups is 1. The lowest BCUT2D eigenvalue weighted by molar-refractivity contribution is 0.474. The zero-order chi connectivity index (χ0) is 19.1. The van der Waals surface area contributed by atoms with Crippen LogP contribution in [0.2, 0.25) is 0 Å². The number of rotatable bonds is 6. The Morgan fingerprint density at radius 3 is 2.56 bits per heavy atom. The highest BCUT2D eigenvalue weighted by atomic mass is 16.3. The molecule has 0 aliphatic rings. The predicted molar refractivity (Wildman–Crippen MR) is 108 cm³/mol. The number of benzene rings is 2. The Hall–Kier alpha value is -3.28. The highest BCUT2D eigenvalue weighted by Gasteiger charge is 2.09. The van der Waals surface area contributed by atoms with Crippen LogP contribution in [0.1, 0.15) is 18.1 Å². The van der Waals surface area contributed by atoms with Crippen molar-refractivity contribution in [2.45, 2.75) is 20.0 Å². The Balaban J connectivity index is 1.68. The monoisotopic (exact) mass is 363 g/mol. The molecule has 0 fully saturated rings. The van der Waals surface area contributed by atoms with E-state index < -0.39 is 0 Å². The third kappa shape index (κ3) is 5.10. The van der Waals surface area contributed by atoms with Crippen molar-refractivity contribution in [3.8, 4) is 11.4 Å². The van der Waals surface area contributed by atoms with Crippen LogP contribution in [0.15, 0.2) is 72.0 Å². The van der Waals surface area contributed by atoms with E-state index >= 15 is 0 Å². The minimum Gasteiger partial charge on any atom is -0.508 e. The molecular weight excluding hydrogens is 338 g/mol. The first-order valence-corrected chi connectivity index (χ1v) is 9.02. The second kappa shape index (κ2) is 8.89. The molecule has 27 heavy (non-hydrogen) atoms. The summed E-state index contributed by atoms with van der Waals surface area (Å²) >= 11 is 0. The number of hydrogen-bond acceptors (Lipinski definition) is 3. The lowest BCUT2D eigenvalue weighted by atomic mass is 10.2. The summed E-state index contributed by atoms with van der Waals surface area (Å²) in [6.45, 7) is 4.10. The lowest BCUT2D eigenvalue weighted by Gasteiger charge is -2.21. The van der Waals surface area contributed by atoms with E-state index in [1.807, 2.05) is 66.6 Å². The molecule has 0 spiro atoms. The summed E-state index contributed by atoms with van der Waals surface area (Å²) in [7, 11) is 2.01. The molecule has 3 rings (SSSR count). The maximum absolute atomic E-state index is 9.39. The van der Waals surface area contributed by atoms with Crippen LogP contribution in [0.25, 0.3) is 5.69 Å². The maximum atomic E-state index is 9.39. The fraction of sp³-hybridized carbons (Fsp3) is 0.238. The van der Waals surface area contributed by atoms with E-state index in [0.717, 1.165) is 29.3 Å². The van der Waals surface area contributed by atoms with Gasteiger partial charge in [0.15, 0.2) is 5.96 Å². The van der Waals surface area contributed by atoms with E-state index in [9.17, 15) is 5.11 Å². The number of aliphatic imine (C=N–C) groups is 1. The van der Waals surface area contributed by atoms with Gasteiger partial charge in [0.1, 0.15) is 5.75 Å². The predicted octanol–water partition coefficient (Wildman–Crippen LogP) is 3.18. The molecule has 0 amide bonds. The summed E-state index contributed by atoms with van der Waals surface area (Å²) in [6.07, 6.45) is 3.92. The smallest absolute Gasteiger partial charge is 0.194 e. The molecule has 1 heterocycles. The molecule has 2 aromatic carbocycles. The Morgan fingerprint density at radius 1 is 1.11 bits per heavy atom. The van der Waals surface area contributed by atoms with Crippen LogP contribution >= 0.6 is 0 Å². The quantitative estimate of drug-likeness (QED) is 0.521. The first-order chi connectivity index (χ1) is 13.2. The van der Waals surface area contributed by atoms with Crippen LogP contribution in [0.4, 0.5) is 0 Å². The average Bonchev–Trinajstić information content (AvgIpc) is 3.15. The van der Waals surface area contributed by atoms with Gasteiger partial charge in [-0.15, -0.1) is 0 Å². The fourth-order valence-electron chi connectivity index (χ4n) is 2.75. The number of phenolic OH excluding ortho intramolecular Hbond substituents is 1. The van der Waals surface area contributed by atoms with Crippen molar-refractivity contribution in [2.75, 3.05) is 13.6 Å². The van der Waals surface area contributed by atoms with Gasteiger partial charge >= 0.3 is 0 Å². The first-order valence-electron chi connectivity index (χ1n) is 9.02. The fourth-order valence-corrected chi connectivity index (χ4v) is 2.75. The average molecular weight is 363 g/mol. The molecule has 0 saturated heterocycles. The van der Waals surface area contributed by atoms with E-state index in [-0.39, 0.29) is 5.75 Å². The molecule has 0 aliphatic heterocycles. The largest absolute Gasteiger partial charge is 0.508 e. The Kier molecular flexibility index (Phi) is 6.10. The first kappa shape index (κ1) is 18.5. The SMILES string of the molecule is CCNC(=NCc1ccc(O)cc1)N(C)Cc1cnn(-c2ccccc2)c1. The van der Waals surface area contributed by atoms with Gasteiger partial charge < -0.3 is 15.3 Å². The van der Waals surface area contributed by atoms with Crippen LogP contribution in [0.3, 0.4) is 0 Å². The maximum Gasteiger partial charge on any atom is 0.194 e. The van der Waals surface area contributed by atoms with Gasteiger partial charge in [-0.2, -0.15) is 5.10 Å². The topological polar surface area (TPSA) is 65.7 Å². The Morgan fingerprint density at radius 2 is 1.85 bits per heavy atom. The zero-order valence-corrected chi connectivity index (χ0v) is 15.7. The number of guanidine groups is 1. The normalized spacial score (nSPS) is 11.4. The molecule has 1 aromatic heterocycles. The molecule has 6 nitrogen and oxygen atoms in total. The van der Waals surface area contributed by atoms with Crippen LogP contribution in [-0.4, -0.2) is 39.3 Å². The molecule has 140 valence electrons. The van der Waals surface area contributed by atoms with Crippen molar-refractivity contribution in [3.05, 3.63) is 78.1 Å². The van der Waals surface area contributed by atoms with E-state index in [1.165, 1.54) is 0 Å². The van der Waals surface area contributed by atoms with E-state index in [4.69, 9.17) is 4.99 Å². The molecule has 2 N–H and O–H groups in total. The van der Waals surface area contributed by atoms with E-state index in [0.29, 0.717) is 13.1 Å². The second-order valence-electron chi connectivity index (χ2n) is 6.32. The number of nitrogens with zero attached hydrogens (tertiary/aromatic N) is 4. The van der Waals surface area contributed by atoms with E-state index in [2.05, 4.69) is 22.2 Å². The van der Waals surface area contributed by atoms with Gasteiger partial charge in [0, 0.05) is 31.9 Å². The van der Waals surface area contributed by atoms with Crippen molar-refractivity contribution in [2.24, 2.45) is 4.99 Å². The van der Waals surface area contributed by atoms with Crippen LogP contribution < -0.4 is 5.32 Å². The summed E-state index contributed by atoms with van der Waals surface area (Å²) in [5.74, 6) is 1.10. The molecule has 6 heteroatoms. The molecule has 0 radical (unpaired) electrons. The van der Waals surface area contributed by atoms with Crippen LogP contribution in [-0.2, 0) is 13.1 Å². The number of para-hydroxylation sites is 1. The molecule has 0 bridgehead atoms. The minimum absolute atomic E-state index is 0.266. The van der Waals surface area contributed by atoms with Crippen LogP contribution in [0, 0.1) is 0 Å². The second-order valence-corrected chi connectivity index (χ2v) is 6.32. The highest BCUT2D eigenvalue weighted by Crippen LogP contribution is 2.12. The van der Waals surface area contributed by atoms with Gasteiger partial charge in [-0.3, -0.25) is 0 Å². The van der Waals surface area contributed by atoms with Gasteiger partial charge in [-0.05, 0) is 36.8 Å². The standard InChI is InChI=1S/C21H25N5O/c1-3-22-21(23-13-17-9-11-20(27)12-10-17)25(2)15-18-14-24-26(16-18)19-7-5-4-6-8-19/h4-12,14,16,27H,3,13,15H2,1-2H3,(H,22,23). The number of aromatic nitrogens is 2. The van der Waals surface area contributed by atoms with Crippen molar-refractivity contribution in [1.82, 2.24) is 20.0 Å². The summed E-state index contributed by atoms with van der Waals surface area (Å²) in [6, 6.07) is 17.2. The molecule has 0 unspecified atom stereocenters. The van der Waals surface area contributed by atoms with Crippen molar-refractivity contribution >= 4 is 5.96 Å². The van der Waals surface area contributed by atoms with Gasteiger partial charge in [0.05, 0.1) is 18.4 Å². The summed E-state index contributed by atoms with van der Waals surface area (Å²) in [4.78, 5) is 6.78. The Labute approximate surface area is 159 Å². The lowest BCUT2D eigenvalue weighted by Crippen LogP contribution is -2.38. The number of nitrogens with one attached hydrogen (secondary N) is 1. The zero-order valence-electron chi connectivity index (χ0n) is 15.7. The van der Waals surface area contributed by atoms with Gasteiger partial charge in [0.2, 0.25) is 0 Å². The van der Waals surface area contributed by atoms with Gasteiger partial charge in [0.25, 0.3) is 0 Å². The van der Waals surface area contributed by atoms with Gasteiger partial charge in [-0.1, -0.05) is 30.3 Å². The summed E-state index contributed by atoms with van der Waals surface area (Å²) < 4.78 is 1.88. The summed E-state index contributed by atoms with van der Waals surface area (Å²) in [5, 5.41) is 17.2. The third-order valence-electron chi connectivity index (χ3n) is 4.12. The van der Waals surface area contributed by atoms with Crippen molar-refractivity contribution < 1.29 is 5.11 Å². The summed E-state index contributed by atoms with van der Waals surface area (Å²) in [5.41, 5.74) is 3.20. The molecule has 3 aromatic rings. The van der Waals surface area contributed by atoms with Crippen LogP contribution in [0.5, 0.6) is 5.75 Å².